The number of benzene rings is 5. The number of anilines is 1. The minimum absolute atomic E-state index is 0.180. The first-order valence-corrected chi connectivity index (χ1v) is 17.0. The van der Waals surface area contributed by atoms with Gasteiger partial charge in [0.05, 0.1) is 14.2 Å². The summed E-state index contributed by atoms with van der Waals surface area (Å²) in [7, 11) is 3.16. The van der Waals surface area contributed by atoms with Gasteiger partial charge < -0.3 is 29.0 Å². The predicted octanol–water partition coefficient (Wildman–Crippen LogP) is 9.38. The summed E-state index contributed by atoms with van der Waals surface area (Å²) in [6, 6.07) is 31.3. The molecular formula is C41H33ClF3N3O5. The standard InChI is InChI=1S/C41H33ClF3N3O5/c1-51-37-21-29-17-18-47(24-31(29)22-38(37)52-2)40(50)36-20-30-19-28(26-7-12-33(13-8-26)46-39(49)27-5-10-32(42)11-6-27)9-16-35(30)48(36)23-25-3-14-34(15-4-25)53-41(43,44)45/h3-16,19-22H,17-18,23-24H2,1-2H3,(H,46,49). The van der Waals surface area contributed by atoms with Gasteiger partial charge in [0.2, 0.25) is 0 Å². The van der Waals surface area contributed by atoms with Crippen molar-refractivity contribution in [2.75, 3.05) is 26.1 Å². The first-order chi connectivity index (χ1) is 25.5. The average Bonchev–Trinajstić information content (AvgIpc) is 3.51. The van der Waals surface area contributed by atoms with E-state index in [2.05, 4.69) is 10.1 Å². The molecule has 2 amide bonds. The molecule has 2 heterocycles. The highest BCUT2D eigenvalue weighted by atomic mass is 35.5. The second kappa shape index (κ2) is 14.6. The monoisotopic (exact) mass is 739 g/mol. The molecule has 0 radical (unpaired) electrons. The predicted molar refractivity (Wildman–Crippen MR) is 197 cm³/mol. The van der Waals surface area contributed by atoms with Gasteiger partial charge in [0.1, 0.15) is 11.4 Å². The molecule has 0 fully saturated rings. The van der Waals surface area contributed by atoms with E-state index in [9.17, 15) is 22.8 Å². The van der Waals surface area contributed by atoms with E-state index < -0.39 is 6.36 Å². The van der Waals surface area contributed by atoms with Crippen molar-refractivity contribution < 1.29 is 37.0 Å². The number of alkyl halides is 3. The van der Waals surface area contributed by atoms with Crippen LogP contribution in [0.3, 0.4) is 0 Å². The minimum atomic E-state index is -4.80. The lowest BCUT2D eigenvalue weighted by Crippen LogP contribution is -2.37. The summed E-state index contributed by atoms with van der Waals surface area (Å²) >= 11 is 5.95. The van der Waals surface area contributed by atoms with E-state index in [-0.39, 0.29) is 24.1 Å². The molecule has 1 N–H and O–H groups in total. The van der Waals surface area contributed by atoms with Gasteiger partial charge in [-0.3, -0.25) is 9.59 Å². The minimum Gasteiger partial charge on any atom is -0.493 e. The number of carbonyl (C=O) groups is 2. The topological polar surface area (TPSA) is 82.0 Å². The average molecular weight is 740 g/mol. The molecular weight excluding hydrogens is 707 g/mol. The Kier molecular flexibility index (Phi) is 9.76. The maximum absolute atomic E-state index is 14.3. The number of fused-ring (bicyclic) bond motifs is 2. The van der Waals surface area contributed by atoms with Gasteiger partial charge in [0, 0.05) is 46.8 Å². The maximum atomic E-state index is 14.3. The van der Waals surface area contributed by atoms with Crippen LogP contribution >= 0.6 is 11.6 Å². The van der Waals surface area contributed by atoms with Gasteiger partial charge in [0.25, 0.3) is 11.8 Å². The number of nitrogens with one attached hydrogen (secondary N) is 1. The molecule has 1 aliphatic heterocycles. The second-order valence-corrected chi connectivity index (χ2v) is 13.0. The Hall–Kier alpha value is -5.94. The van der Waals surface area contributed by atoms with Gasteiger partial charge in [-0.25, -0.2) is 0 Å². The third-order valence-corrected chi connectivity index (χ3v) is 9.46. The number of rotatable bonds is 9. The summed E-state index contributed by atoms with van der Waals surface area (Å²) in [6.45, 7) is 1.08. The van der Waals surface area contributed by atoms with Gasteiger partial charge >= 0.3 is 6.36 Å². The van der Waals surface area contributed by atoms with E-state index in [1.807, 2.05) is 65.2 Å². The molecule has 0 saturated heterocycles. The normalized spacial score (nSPS) is 12.7. The molecule has 0 atom stereocenters. The van der Waals surface area contributed by atoms with Crippen LogP contribution in [0.1, 0.15) is 37.5 Å². The largest absolute Gasteiger partial charge is 0.573 e. The molecule has 6 aromatic rings. The van der Waals surface area contributed by atoms with Crippen molar-refractivity contribution >= 4 is 40.0 Å². The molecule has 270 valence electrons. The molecule has 0 spiro atoms. The smallest absolute Gasteiger partial charge is 0.493 e. The lowest BCUT2D eigenvalue weighted by atomic mass is 9.98. The highest BCUT2D eigenvalue weighted by Gasteiger charge is 2.31. The van der Waals surface area contributed by atoms with Gasteiger partial charge in [-0.05, 0) is 113 Å². The zero-order chi connectivity index (χ0) is 37.3. The van der Waals surface area contributed by atoms with Crippen LogP contribution < -0.4 is 19.5 Å². The van der Waals surface area contributed by atoms with Crippen LogP contribution in [0.5, 0.6) is 17.2 Å². The number of nitrogens with zero attached hydrogens (tertiary/aromatic N) is 2. The van der Waals surface area contributed by atoms with E-state index in [4.69, 9.17) is 21.1 Å². The van der Waals surface area contributed by atoms with Crippen LogP contribution in [-0.2, 0) is 19.5 Å². The molecule has 0 saturated carbocycles. The summed E-state index contributed by atoms with van der Waals surface area (Å²) in [5.41, 5.74) is 6.85. The molecule has 1 aromatic heterocycles. The van der Waals surface area contributed by atoms with Crippen molar-refractivity contribution in [1.82, 2.24) is 9.47 Å². The van der Waals surface area contributed by atoms with Crippen LogP contribution in [0.25, 0.3) is 22.0 Å². The van der Waals surface area contributed by atoms with E-state index in [0.717, 1.165) is 33.2 Å². The SMILES string of the molecule is COc1cc2c(cc1OC)CN(C(=O)c1cc3cc(-c4ccc(NC(=O)c5ccc(Cl)cc5)cc4)ccc3n1Cc1ccc(OC(F)(F)F)cc1)CC2. The summed E-state index contributed by atoms with van der Waals surface area (Å²) in [4.78, 5) is 28.8. The summed E-state index contributed by atoms with van der Waals surface area (Å²) in [6.07, 6.45) is -4.17. The van der Waals surface area contributed by atoms with E-state index in [0.29, 0.717) is 58.5 Å². The maximum Gasteiger partial charge on any atom is 0.573 e. The number of amides is 2. The quantitative estimate of drug-likeness (QED) is 0.160. The van der Waals surface area contributed by atoms with Gasteiger partial charge in [-0.2, -0.15) is 0 Å². The molecule has 0 unspecified atom stereocenters. The van der Waals surface area contributed by atoms with E-state index in [1.165, 1.54) is 12.1 Å². The van der Waals surface area contributed by atoms with Crippen molar-refractivity contribution in [3.05, 3.63) is 142 Å². The van der Waals surface area contributed by atoms with Crippen LogP contribution in [0.15, 0.2) is 109 Å². The number of aromatic nitrogens is 1. The number of ether oxygens (including phenoxy) is 3. The van der Waals surface area contributed by atoms with Crippen LogP contribution in [0, 0.1) is 0 Å². The summed E-state index contributed by atoms with van der Waals surface area (Å²) < 4.78 is 55.4. The fraction of sp³-hybridized carbons (Fsp3) is 0.171. The Morgan fingerprint density at radius 2 is 1.45 bits per heavy atom. The number of methoxy groups -OCH3 is 2. The first-order valence-electron chi connectivity index (χ1n) is 16.7. The van der Waals surface area contributed by atoms with Crippen molar-refractivity contribution in [2.24, 2.45) is 0 Å². The molecule has 0 aliphatic carbocycles. The van der Waals surface area contributed by atoms with Crippen molar-refractivity contribution in [3.63, 3.8) is 0 Å². The van der Waals surface area contributed by atoms with Crippen molar-refractivity contribution in [1.29, 1.82) is 0 Å². The Balaban J connectivity index is 1.19. The second-order valence-electron chi connectivity index (χ2n) is 12.6. The third-order valence-electron chi connectivity index (χ3n) is 9.21. The summed E-state index contributed by atoms with van der Waals surface area (Å²) in [5.74, 6) is 0.450. The lowest BCUT2D eigenvalue weighted by molar-refractivity contribution is -0.274. The Morgan fingerprint density at radius 3 is 2.11 bits per heavy atom. The van der Waals surface area contributed by atoms with Gasteiger partial charge in [-0.1, -0.05) is 41.9 Å². The number of hydrogen-bond donors (Lipinski definition) is 1. The zero-order valence-electron chi connectivity index (χ0n) is 28.7. The number of carbonyl (C=O) groups excluding carboxylic acids is 2. The Bertz CT molecular complexity index is 2300. The third kappa shape index (κ3) is 7.80. The molecule has 7 rings (SSSR count). The molecule has 12 heteroatoms. The number of hydrogen-bond acceptors (Lipinski definition) is 5. The molecule has 1 aliphatic rings. The van der Waals surface area contributed by atoms with Crippen molar-refractivity contribution in [3.8, 4) is 28.4 Å². The molecule has 8 nitrogen and oxygen atoms in total. The van der Waals surface area contributed by atoms with Crippen LogP contribution in [0.2, 0.25) is 5.02 Å². The number of halogens is 4. The van der Waals surface area contributed by atoms with E-state index in [1.54, 1.807) is 55.5 Å². The fourth-order valence-corrected chi connectivity index (χ4v) is 6.67. The summed E-state index contributed by atoms with van der Waals surface area (Å²) in [5, 5.41) is 4.25. The van der Waals surface area contributed by atoms with Gasteiger partial charge in [0.15, 0.2) is 11.5 Å². The van der Waals surface area contributed by atoms with Crippen LogP contribution in [0.4, 0.5) is 18.9 Å². The van der Waals surface area contributed by atoms with Crippen molar-refractivity contribution in [2.45, 2.75) is 25.9 Å². The highest BCUT2D eigenvalue weighted by molar-refractivity contribution is 6.30. The molecule has 5 aromatic carbocycles. The van der Waals surface area contributed by atoms with Gasteiger partial charge in [-0.15, -0.1) is 13.2 Å². The molecule has 53 heavy (non-hydrogen) atoms. The zero-order valence-corrected chi connectivity index (χ0v) is 29.4. The van der Waals surface area contributed by atoms with E-state index >= 15 is 0 Å². The van der Waals surface area contributed by atoms with Crippen LogP contribution in [-0.4, -0.2) is 48.4 Å². The molecule has 0 bridgehead atoms. The fourth-order valence-electron chi connectivity index (χ4n) is 6.55. The Morgan fingerprint density at radius 1 is 0.792 bits per heavy atom. The first kappa shape index (κ1) is 35.5. The highest BCUT2D eigenvalue weighted by Crippen LogP contribution is 2.35. The Labute approximate surface area is 308 Å². The lowest BCUT2D eigenvalue weighted by Gasteiger charge is -2.30.